The summed E-state index contributed by atoms with van der Waals surface area (Å²) in [5, 5.41) is 2.84. The Bertz CT molecular complexity index is 775. The highest BCUT2D eigenvalue weighted by Crippen LogP contribution is 2.49. The van der Waals surface area contributed by atoms with Gasteiger partial charge in [0, 0.05) is 12.1 Å². The van der Waals surface area contributed by atoms with E-state index in [1.54, 1.807) is 12.1 Å². The van der Waals surface area contributed by atoms with Gasteiger partial charge in [0.15, 0.2) is 0 Å². The van der Waals surface area contributed by atoms with E-state index < -0.39 is 22.5 Å². The quantitative estimate of drug-likeness (QED) is 0.704. The summed E-state index contributed by atoms with van der Waals surface area (Å²) in [6.07, 6.45) is 5.50. The molecule has 2 saturated carbocycles. The second-order valence-electron chi connectivity index (χ2n) is 7.11. The molecule has 2 N–H and O–H groups in total. The number of methoxy groups -OCH3 is 1. The van der Waals surface area contributed by atoms with Crippen LogP contribution < -0.4 is 10.0 Å². The lowest BCUT2D eigenvalue weighted by Gasteiger charge is -2.20. The van der Waals surface area contributed by atoms with Crippen molar-refractivity contribution < 1.29 is 22.7 Å². The number of hydrogen-bond donors (Lipinski definition) is 2. The van der Waals surface area contributed by atoms with E-state index in [1.165, 1.54) is 38.5 Å². The van der Waals surface area contributed by atoms with Gasteiger partial charge < -0.3 is 10.1 Å². The van der Waals surface area contributed by atoms with Crippen LogP contribution in [0.25, 0.3) is 0 Å². The molecule has 0 heterocycles. The second kappa shape index (κ2) is 7.75. The average Bonchev–Trinajstić information content (AvgIpc) is 3.23. The van der Waals surface area contributed by atoms with Gasteiger partial charge >= 0.3 is 5.97 Å². The highest BCUT2D eigenvalue weighted by molar-refractivity contribution is 7.89. The van der Waals surface area contributed by atoms with Crippen molar-refractivity contribution in [1.82, 2.24) is 4.72 Å². The number of amides is 1. The van der Waals surface area contributed by atoms with E-state index in [2.05, 4.69) is 14.8 Å². The largest absolute Gasteiger partial charge is 0.468 e. The third-order valence-corrected chi connectivity index (χ3v) is 6.83. The van der Waals surface area contributed by atoms with E-state index in [-0.39, 0.29) is 10.8 Å². The van der Waals surface area contributed by atoms with Crippen LogP contribution in [-0.2, 0) is 24.3 Å². The van der Waals surface area contributed by atoms with Crippen molar-refractivity contribution in [3.05, 3.63) is 24.3 Å². The zero-order valence-electron chi connectivity index (χ0n) is 14.7. The van der Waals surface area contributed by atoms with E-state index in [0.29, 0.717) is 23.9 Å². The molecule has 142 valence electrons. The molecule has 2 bridgehead atoms. The molecule has 2 aliphatic carbocycles. The molecular weight excluding hydrogens is 356 g/mol. The first-order valence-electron chi connectivity index (χ1n) is 8.84. The molecule has 1 amide bonds. The normalized spacial score (nSPS) is 24.4. The van der Waals surface area contributed by atoms with Crippen LogP contribution in [-0.4, -0.2) is 33.9 Å². The summed E-state index contributed by atoms with van der Waals surface area (Å²) in [6, 6.07) is 5.89. The summed E-state index contributed by atoms with van der Waals surface area (Å²) < 4.78 is 30.7. The molecule has 8 heteroatoms. The smallest absolute Gasteiger partial charge is 0.320 e. The molecule has 1 aromatic rings. The molecule has 7 nitrogen and oxygen atoms in total. The van der Waals surface area contributed by atoms with Crippen LogP contribution in [0.15, 0.2) is 29.2 Å². The monoisotopic (exact) mass is 380 g/mol. The minimum Gasteiger partial charge on any atom is -0.468 e. The Kier molecular flexibility index (Phi) is 5.62. The Balaban J connectivity index is 1.54. The fourth-order valence-corrected chi connectivity index (χ4v) is 5.07. The maximum absolute atomic E-state index is 12.2. The summed E-state index contributed by atoms with van der Waals surface area (Å²) in [5.74, 6) is 1.29. The van der Waals surface area contributed by atoms with Gasteiger partial charge in [-0.15, -0.1) is 0 Å². The maximum atomic E-state index is 12.2. The molecule has 0 spiro atoms. The highest BCUT2D eigenvalue weighted by atomic mass is 32.2. The van der Waals surface area contributed by atoms with Gasteiger partial charge in [0.2, 0.25) is 15.9 Å². The number of hydrogen-bond acceptors (Lipinski definition) is 5. The van der Waals surface area contributed by atoms with Gasteiger partial charge in [0.05, 0.1) is 12.0 Å². The first-order chi connectivity index (χ1) is 12.4. The number of anilines is 1. The Morgan fingerprint density at radius 1 is 1.15 bits per heavy atom. The molecular formula is C18H24N2O5S. The molecule has 3 rings (SSSR count). The predicted octanol–water partition coefficient (Wildman–Crippen LogP) is 1.90. The zero-order valence-corrected chi connectivity index (χ0v) is 15.6. The number of fused-ring (bicyclic) bond motifs is 2. The van der Waals surface area contributed by atoms with Gasteiger partial charge in [-0.05, 0) is 61.3 Å². The van der Waals surface area contributed by atoms with Crippen molar-refractivity contribution in [2.24, 2.45) is 17.8 Å². The van der Waals surface area contributed by atoms with Gasteiger partial charge in [-0.25, -0.2) is 8.42 Å². The molecule has 0 radical (unpaired) electrons. The molecule has 0 unspecified atom stereocenters. The summed E-state index contributed by atoms with van der Waals surface area (Å²) in [5.41, 5.74) is 0.560. The summed E-state index contributed by atoms with van der Waals surface area (Å²) >= 11 is 0. The van der Waals surface area contributed by atoms with Crippen LogP contribution in [0.5, 0.6) is 0 Å². The SMILES string of the molecule is COC(=O)CNS(=O)(=O)c1ccc(NC(=O)C[C@@H]2C[C@@H]3CC[C@@H]2C3)cc1. The lowest BCUT2D eigenvalue weighted by atomic mass is 9.86. The molecule has 26 heavy (non-hydrogen) atoms. The number of sulfonamides is 1. The average molecular weight is 380 g/mol. The van der Waals surface area contributed by atoms with Crippen molar-refractivity contribution >= 4 is 27.6 Å². The van der Waals surface area contributed by atoms with Gasteiger partial charge in [0.25, 0.3) is 0 Å². The maximum Gasteiger partial charge on any atom is 0.320 e. The van der Waals surface area contributed by atoms with Crippen LogP contribution >= 0.6 is 0 Å². The van der Waals surface area contributed by atoms with Gasteiger partial charge in [-0.1, -0.05) is 6.42 Å². The van der Waals surface area contributed by atoms with Crippen LogP contribution in [0, 0.1) is 17.8 Å². The van der Waals surface area contributed by atoms with Crippen LogP contribution in [0.2, 0.25) is 0 Å². The first-order valence-corrected chi connectivity index (χ1v) is 10.3. The number of carbonyl (C=O) groups excluding carboxylic acids is 2. The predicted molar refractivity (Wildman–Crippen MR) is 95.8 cm³/mol. The lowest BCUT2D eigenvalue weighted by Crippen LogP contribution is -2.30. The van der Waals surface area contributed by atoms with Crippen molar-refractivity contribution in [3.8, 4) is 0 Å². The Labute approximate surface area is 153 Å². The molecule has 0 saturated heterocycles. The van der Waals surface area contributed by atoms with Gasteiger partial charge in [-0.3, -0.25) is 9.59 Å². The number of carbonyl (C=O) groups is 2. The van der Waals surface area contributed by atoms with E-state index in [9.17, 15) is 18.0 Å². The number of benzene rings is 1. The topological polar surface area (TPSA) is 102 Å². The molecule has 0 aromatic heterocycles. The number of nitrogens with one attached hydrogen (secondary N) is 2. The van der Waals surface area contributed by atoms with E-state index in [4.69, 9.17) is 0 Å². The van der Waals surface area contributed by atoms with E-state index >= 15 is 0 Å². The van der Waals surface area contributed by atoms with Gasteiger partial charge in [-0.2, -0.15) is 4.72 Å². The summed E-state index contributed by atoms with van der Waals surface area (Å²) in [4.78, 5) is 23.3. The molecule has 2 fully saturated rings. The third kappa shape index (κ3) is 4.42. The van der Waals surface area contributed by atoms with Gasteiger partial charge in [0.1, 0.15) is 6.54 Å². The molecule has 3 atom stereocenters. The Morgan fingerprint density at radius 2 is 1.88 bits per heavy atom. The molecule has 2 aliphatic rings. The Morgan fingerprint density at radius 3 is 2.46 bits per heavy atom. The van der Waals surface area contributed by atoms with Crippen LogP contribution in [0.1, 0.15) is 32.1 Å². The summed E-state index contributed by atoms with van der Waals surface area (Å²) in [6.45, 7) is -0.430. The highest BCUT2D eigenvalue weighted by Gasteiger charge is 2.40. The fourth-order valence-electron chi connectivity index (χ4n) is 4.10. The van der Waals surface area contributed by atoms with Crippen molar-refractivity contribution in [2.75, 3.05) is 19.0 Å². The number of rotatable bonds is 7. The lowest BCUT2D eigenvalue weighted by molar-refractivity contribution is -0.139. The standard InChI is InChI=1S/C18H24N2O5S/c1-25-18(22)11-19-26(23,24)16-6-4-15(5-7-16)20-17(21)10-14-9-12-2-3-13(14)8-12/h4-7,12-14,19H,2-3,8-11H2,1H3,(H,20,21)/t12-,13-,14+/m1/s1. The zero-order chi connectivity index (χ0) is 18.7. The minimum atomic E-state index is -3.80. The van der Waals surface area contributed by atoms with Crippen LogP contribution in [0.4, 0.5) is 5.69 Å². The van der Waals surface area contributed by atoms with Crippen molar-refractivity contribution in [1.29, 1.82) is 0 Å². The van der Waals surface area contributed by atoms with Crippen molar-refractivity contribution in [2.45, 2.75) is 37.0 Å². The molecule has 1 aromatic carbocycles. The van der Waals surface area contributed by atoms with E-state index in [0.717, 1.165) is 12.3 Å². The molecule has 0 aliphatic heterocycles. The van der Waals surface area contributed by atoms with Crippen LogP contribution in [0.3, 0.4) is 0 Å². The van der Waals surface area contributed by atoms with Crippen molar-refractivity contribution in [3.63, 3.8) is 0 Å². The summed E-state index contributed by atoms with van der Waals surface area (Å²) in [7, 11) is -2.61. The minimum absolute atomic E-state index is 0.0208. The number of esters is 1. The second-order valence-corrected chi connectivity index (χ2v) is 8.88. The fraction of sp³-hybridized carbons (Fsp3) is 0.556. The number of ether oxygens (including phenoxy) is 1. The Hall–Kier alpha value is -1.93. The third-order valence-electron chi connectivity index (χ3n) is 5.41. The first kappa shape index (κ1) is 18.8. The van der Waals surface area contributed by atoms with E-state index in [1.807, 2.05) is 0 Å².